The normalized spacial score (nSPS) is 23.8. The maximum Gasteiger partial charge on any atom is 0.275 e. The van der Waals surface area contributed by atoms with Crippen molar-refractivity contribution < 1.29 is 19.3 Å². The van der Waals surface area contributed by atoms with E-state index in [0.29, 0.717) is 6.54 Å². The number of fused-ring (bicyclic) bond motifs is 1. The predicted octanol–water partition coefficient (Wildman–Crippen LogP) is 0.172. The van der Waals surface area contributed by atoms with Gasteiger partial charge in [0.1, 0.15) is 38.5 Å². The van der Waals surface area contributed by atoms with E-state index in [-0.39, 0.29) is 11.9 Å². The second-order valence-electron chi connectivity index (χ2n) is 8.41. The first kappa shape index (κ1) is 19.9. The highest BCUT2D eigenvalue weighted by Gasteiger charge is 2.27. The minimum absolute atomic E-state index is 0.189. The molecule has 2 aromatic carbocycles. The number of rotatable bonds is 6. The SMILES string of the molecule is COc1ccc(C[NH+]2CC[NH+](CC(=O)N[C@@H]3CCCc4ccccc43)CC2)cc1. The maximum absolute atomic E-state index is 12.7. The van der Waals surface area contributed by atoms with Crippen LogP contribution in [0.4, 0.5) is 0 Å². The molecule has 2 aromatic rings. The highest BCUT2D eigenvalue weighted by atomic mass is 16.5. The first-order chi connectivity index (χ1) is 14.2. The van der Waals surface area contributed by atoms with Crippen LogP contribution in [-0.4, -0.2) is 45.7 Å². The summed E-state index contributed by atoms with van der Waals surface area (Å²) in [7, 11) is 1.70. The van der Waals surface area contributed by atoms with Crippen LogP contribution in [0, 0.1) is 0 Å². The number of hydrogen-bond donors (Lipinski definition) is 3. The summed E-state index contributed by atoms with van der Waals surface area (Å²) in [5.74, 6) is 1.10. The van der Waals surface area contributed by atoms with E-state index in [4.69, 9.17) is 4.74 Å². The van der Waals surface area contributed by atoms with E-state index in [9.17, 15) is 4.79 Å². The van der Waals surface area contributed by atoms with Gasteiger partial charge in [0.15, 0.2) is 6.54 Å². The topological polar surface area (TPSA) is 47.2 Å². The lowest BCUT2D eigenvalue weighted by atomic mass is 9.88. The molecule has 154 valence electrons. The zero-order valence-electron chi connectivity index (χ0n) is 17.4. The van der Waals surface area contributed by atoms with Gasteiger partial charge in [-0.3, -0.25) is 4.79 Å². The fourth-order valence-corrected chi connectivity index (χ4v) is 4.72. The monoisotopic (exact) mass is 395 g/mol. The van der Waals surface area contributed by atoms with Crippen LogP contribution in [0.25, 0.3) is 0 Å². The van der Waals surface area contributed by atoms with E-state index in [2.05, 4.69) is 41.7 Å². The third-order valence-corrected chi connectivity index (χ3v) is 6.39. The average molecular weight is 396 g/mol. The number of methoxy groups -OCH3 is 1. The van der Waals surface area contributed by atoms with Gasteiger partial charge in [-0.1, -0.05) is 24.3 Å². The highest BCUT2D eigenvalue weighted by molar-refractivity contribution is 5.77. The van der Waals surface area contributed by atoms with E-state index < -0.39 is 0 Å². The molecule has 1 aliphatic heterocycles. The molecule has 5 heteroatoms. The number of carbonyl (C=O) groups is 1. The van der Waals surface area contributed by atoms with Crippen LogP contribution in [0.15, 0.2) is 48.5 Å². The summed E-state index contributed by atoms with van der Waals surface area (Å²) >= 11 is 0. The second-order valence-corrected chi connectivity index (χ2v) is 8.41. The van der Waals surface area contributed by atoms with Gasteiger partial charge in [0.2, 0.25) is 0 Å². The van der Waals surface area contributed by atoms with Gasteiger partial charge in [0.25, 0.3) is 5.91 Å². The third kappa shape index (κ3) is 5.17. The van der Waals surface area contributed by atoms with Crippen LogP contribution >= 0.6 is 0 Å². The Morgan fingerprint density at radius 3 is 2.52 bits per heavy atom. The number of amides is 1. The van der Waals surface area contributed by atoms with Crippen LogP contribution < -0.4 is 19.9 Å². The molecule has 1 fully saturated rings. The Morgan fingerprint density at radius 2 is 1.76 bits per heavy atom. The summed E-state index contributed by atoms with van der Waals surface area (Å²) in [6.07, 6.45) is 3.34. The molecule has 0 aromatic heterocycles. The molecule has 0 bridgehead atoms. The van der Waals surface area contributed by atoms with Crippen LogP contribution in [0.5, 0.6) is 5.75 Å². The minimum Gasteiger partial charge on any atom is -0.497 e. The molecule has 0 unspecified atom stereocenters. The first-order valence-electron chi connectivity index (χ1n) is 10.9. The van der Waals surface area contributed by atoms with E-state index in [1.807, 2.05) is 12.1 Å². The summed E-state index contributed by atoms with van der Waals surface area (Å²) in [5.41, 5.74) is 4.06. The summed E-state index contributed by atoms with van der Waals surface area (Å²) in [6, 6.07) is 17.1. The van der Waals surface area contributed by atoms with Crippen LogP contribution in [-0.2, 0) is 17.8 Å². The largest absolute Gasteiger partial charge is 0.497 e. The van der Waals surface area contributed by atoms with Crippen molar-refractivity contribution in [3.05, 3.63) is 65.2 Å². The molecular weight excluding hydrogens is 362 g/mol. The molecule has 1 heterocycles. The molecule has 2 aliphatic rings. The number of ether oxygens (including phenoxy) is 1. The molecule has 1 amide bonds. The van der Waals surface area contributed by atoms with Gasteiger partial charge >= 0.3 is 0 Å². The summed E-state index contributed by atoms with van der Waals surface area (Å²) in [5, 5.41) is 3.31. The second kappa shape index (κ2) is 9.42. The molecule has 3 N–H and O–H groups in total. The molecule has 0 spiro atoms. The van der Waals surface area contributed by atoms with Crippen molar-refractivity contribution in [2.24, 2.45) is 0 Å². The van der Waals surface area contributed by atoms with Gasteiger partial charge in [-0.05, 0) is 54.7 Å². The first-order valence-corrected chi connectivity index (χ1v) is 10.9. The molecule has 0 saturated carbocycles. The zero-order valence-corrected chi connectivity index (χ0v) is 17.4. The number of piperazine rings is 1. The summed E-state index contributed by atoms with van der Waals surface area (Å²) in [4.78, 5) is 15.7. The number of hydrogen-bond acceptors (Lipinski definition) is 2. The van der Waals surface area contributed by atoms with Crippen LogP contribution in [0.3, 0.4) is 0 Å². The fourth-order valence-electron chi connectivity index (χ4n) is 4.72. The van der Waals surface area contributed by atoms with Gasteiger partial charge in [-0.25, -0.2) is 0 Å². The molecule has 1 atom stereocenters. The van der Waals surface area contributed by atoms with Crippen molar-refractivity contribution in [2.75, 3.05) is 39.8 Å². The van der Waals surface area contributed by atoms with Crippen molar-refractivity contribution >= 4 is 5.91 Å². The lowest BCUT2D eigenvalue weighted by molar-refractivity contribution is -1.02. The predicted molar refractivity (Wildman–Crippen MR) is 113 cm³/mol. The molecule has 29 heavy (non-hydrogen) atoms. The Kier molecular flexibility index (Phi) is 6.47. The number of benzene rings is 2. The Hall–Kier alpha value is -2.37. The highest BCUT2D eigenvalue weighted by Crippen LogP contribution is 2.29. The lowest BCUT2D eigenvalue weighted by Crippen LogP contribution is -3.28. The molecule has 0 radical (unpaired) electrons. The zero-order chi connectivity index (χ0) is 20.1. The molecule has 4 rings (SSSR count). The number of nitrogens with one attached hydrogen (secondary N) is 3. The Labute approximate surface area is 173 Å². The molecule has 1 saturated heterocycles. The van der Waals surface area contributed by atoms with Gasteiger partial charge in [-0.15, -0.1) is 0 Å². The van der Waals surface area contributed by atoms with Crippen molar-refractivity contribution in [3.63, 3.8) is 0 Å². The number of quaternary nitrogens is 2. The quantitative estimate of drug-likeness (QED) is 0.653. The number of carbonyl (C=O) groups excluding carboxylic acids is 1. The third-order valence-electron chi connectivity index (χ3n) is 6.39. The number of aryl methyl sites for hydroxylation is 1. The van der Waals surface area contributed by atoms with Gasteiger partial charge in [0.05, 0.1) is 13.2 Å². The van der Waals surface area contributed by atoms with E-state index in [0.717, 1.165) is 57.7 Å². The van der Waals surface area contributed by atoms with Crippen LogP contribution in [0.2, 0.25) is 0 Å². The lowest BCUT2D eigenvalue weighted by Gasteiger charge is -2.30. The Morgan fingerprint density at radius 1 is 1.03 bits per heavy atom. The average Bonchev–Trinajstić information content (AvgIpc) is 2.76. The van der Waals surface area contributed by atoms with Gasteiger partial charge in [-0.2, -0.15) is 0 Å². The molecule has 1 aliphatic carbocycles. The summed E-state index contributed by atoms with van der Waals surface area (Å²) in [6.45, 7) is 5.97. The molecular formula is C24H33N3O2+2. The minimum atomic E-state index is 0.189. The maximum atomic E-state index is 12.7. The Balaban J connectivity index is 1.23. The van der Waals surface area contributed by atoms with Crippen molar-refractivity contribution in [3.8, 4) is 5.75 Å². The van der Waals surface area contributed by atoms with Crippen molar-refractivity contribution in [2.45, 2.75) is 31.8 Å². The van der Waals surface area contributed by atoms with E-state index >= 15 is 0 Å². The Bertz CT molecular complexity index is 813. The smallest absolute Gasteiger partial charge is 0.275 e. The van der Waals surface area contributed by atoms with Gasteiger partial charge in [0, 0.05) is 5.56 Å². The standard InChI is InChI=1S/C24H31N3O2/c1-29-21-11-9-19(10-12-21)17-26-13-15-27(16-14-26)18-24(28)25-23-8-4-6-20-5-2-3-7-22(20)23/h2-3,5,7,9-12,23H,4,6,8,13-18H2,1H3,(H,25,28)/p+2/t23-/m1/s1. The van der Waals surface area contributed by atoms with Crippen molar-refractivity contribution in [1.82, 2.24) is 5.32 Å². The van der Waals surface area contributed by atoms with Crippen molar-refractivity contribution in [1.29, 1.82) is 0 Å². The fraction of sp³-hybridized carbons (Fsp3) is 0.458. The summed E-state index contributed by atoms with van der Waals surface area (Å²) < 4.78 is 5.24. The molecule has 5 nitrogen and oxygen atoms in total. The van der Waals surface area contributed by atoms with Crippen LogP contribution in [0.1, 0.15) is 35.6 Å². The van der Waals surface area contributed by atoms with Gasteiger partial charge < -0.3 is 19.9 Å². The van der Waals surface area contributed by atoms with E-state index in [1.54, 1.807) is 12.0 Å². The van der Waals surface area contributed by atoms with E-state index in [1.165, 1.54) is 21.6 Å².